The fourth-order valence-electron chi connectivity index (χ4n) is 1.57. The van der Waals surface area contributed by atoms with Crippen molar-refractivity contribution in [2.24, 2.45) is 0 Å². The Balaban J connectivity index is 1.69. The van der Waals surface area contributed by atoms with Crippen LogP contribution < -0.4 is 16.2 Å². The van der Waals surface area contributed by atoms with E-state index in [9.17, 15) is 9.59 Å². The molecule has 0 radical (unpaired) electrons. The van der Waals surface area contributed by atoms with E-state index in [1.165, 1.54) is 33.3 Å². The van der Waals surface area contributed by atoms with Crippen molar-refractivity contribution in [3.63, 3.8) is 0 Å². The number of rotatable bonds is 4. The number of carbonyl (C=O) groups is 1. The van der Waals surface area contributed by atoms with E-state index < -0.39 is 0 Å². The zero-order chi connectivity index (χ0) is 13.9. The van der Waals surface area contributed by atoms with Crippen LogP contribution in [0.5, 0.6) is 0 Å². The van der Waals surface area contributed by atoms with Gasteiger partial charge in [-0.2, -0.15) is 0 Å². The lowest BCUT2D eigenvalue weighted by atomic mass is 10.4. The minimum Gasteiger partial charge on any atom is -0.370 e. The fraction of sp³-hybridized carbons (Fsp3) is 0.0909. The van der Waals surface area contributed by atoms with E-state index in [2.05, 4.69) is 20.6 Å². The summed E-state index contributed by atoms with van der Waals surface area (Å²) in [6, 6.07) is 0. The Hall–Kier alpha value is -2.26. The summed E-state index contributed by atoms with van der Waals surface area (Å²) in [5.74, 6) is -0.269. The Morgan fingerprint density at radius 3 is 3.00 bits per heavy atom. The molecule has 102 valence electrons. The number of amides is 1. The van der Waals surface area contributed by atoms with Crippen molar-refractivity contribution in [2.75, 3.05) is 17.2 Å². The average molecular weight is 307 g/mol. The first-order valence-corrected chi connectivity index (χ1v) is 7.38. The Morgan fingerprint density at radius 2 is 2.20 bits per heavy atom. The van der Waals surface area contributed by atoms with Crippen molar-refractivity contribution < 1.29 is 4.79 Å². The third-order valence-corrected chi connectivity index (χ3v) is 3.92. The summed E-state index contributed by atoms with van der Waals surface area (Å²) in [6.07, 6.45) is 4.69. The molecule has 0 saturated heterocycles. The normalized spacial score (nSPS) is 10.6. The zero-order valence-electron chi connectivity index (χ0n) is 10.1. The Bertz CT molecular complexity index is 793. The summed E-state index contributed by atoms with van der Waals surface area (Å²) < 4.78 is 1.44. The number of hydrogen-bond acceptors (Lipinski definition) is 7. The number of anilines is 2. The molecule has 0 aliphatic heterocycles. The molecule has 0 aliphatic rings. The largest absolute Gasteiger partial charge is 0.370 e. The lowest BCUT2D eigenvalue weighted by molar-refractivity contribution is -0.114. The van der Waals surface area contributed by atoms with Gasteiger partial charge in [0, 0.05) is 23.2 Å². The smallest absolute Gasteiger partial charge is 0.281 e. The first-order chi connectivity index (χ1) is 9.74. The van der Waals surface area contributed by atoms with E-state index in [1.807, 2.05) is 0 Å². The standard InChI is InChI=1S/C11H9N5O2S2/c17-8(15-10-12-1-3-19-10)6-13-7-5-14-11-16(9(7)18)2-4-20-11/h1-5,13H,6H2,(H,12,15,17). The number of thiazole rings is 2. The van der Waals surface area contributed by atoms with Crippen LogP contribution in [0.25, 0.3) is 4.96 Å². The molecule has 0 unspecified atom stereocenters. The summed E-state index contributed by atoms with van der Waals surface area (Å²) in [5, 5.41) is 9.48. The molecular weight excluding hydrogens is 298 g/mol. The molecule has 0 aromatic carbocycles. The first-order valence-electron chi connectivity index (χ1n) is 5.62. The molecule has 2 N–H and O–H groups in total. The van der Waals surface area contributed by atoms with E-state index in [1.54, 1.807) is 23.2 Å². The molecule has 7 nitrogen and oxygen atoms in total. The van der Waals surface area contributed by atoms with Gasteiger partial charge in [-0.3, -0.25) is 14.0 Å². The van der Waals surface area contributed by atoms with Crippen LogP contribution in [-0.2, 0) is 4.79 Å². The summed E-state index contributed by atoms with van der Waals surface area (Å²) in [5.41, 5.74) is 0.0634. The van der Waals surface area contributed by atoms with E-state index in [-0.39, 0.29) is 23.7 Å². The van der Waals surface area contributed by atoms with Crippen molar-refractivity contribution >= 4 is 44.4 Å². The second kappa shape index (κ2) is 5.39. The van der Waals surface area contributed by atoms with Gasteiger partial charge in [0.05, 0.1) is 12.7 Å². The highest BCUT2D eigenvalue weighted by Crippen LogP contribution is 2.10. The number of nitrogens with zero attached hydrogens (tertiary/aromatic N) is 3. The molecule has 0 spiro atoms. The maximum absolute atomic E-state index is 12.0. The molecule has 0 atom stereocenters. The number of aromatic nitrogens is 3. The Kier molecular flexibility index (Phi) is 3.44. The molecule has 0 aliphatic carbocycles. The zero-order valence-corrected chi connectivity index (χ0v) is 11.7. The van der Waals surface area contributed by atoms with Crippen molar-refractivity contribution in [3.8, 4) is 0 Å². The molecule has 3 aromatic rings. The molecular formula is C11H9N5O2S2. The van der Waals surface area contributed by atoms with Crippen LogP contribution in [0.2, 0.25) is 0 Å². The molecule has 20 heavy (non-hydrogen) atoms. The quantitative estimate of drug-likeness (QED) is 0.757. The van der Waals surface area contributed by atoms with Crippen molar-refractivity contribution in [2.45, 2.75) is 0 Å². The first kappa shape index (κ1) is 12.8. The van der Waals surface area contributed by atoms with E-state index in [0.29, 0.717) is 10.1 Å². The van der Waals surface area contributed by atoms with Gasteiger partial charge in [0.15, 0.2) is 10.1 Å². The highest BCUT2D eigenvalue weighted by Gasteiger charge is 2.08. The van der Waals surface area contributed by atoms with Gasteiger partial charge < -0.3 is 10.6 Å². The van der Waals surface area contributed by atoms with Gasteiger partial charge in [-0.25, -0.2) is 9.97 Å². The SMILES string of the molecule is O=C(CNc1cnc2sccn2c1=O)Nc1nccs1. The minimum absolute atomic E-state index is 0.0211. The van der Waals surface area contributed by atoms with Crippen LogP contribution >= 0.6 is 22.7 Å². The highest BCUT2D eigenvalue weighted by molar-refractivity contribution is 7.15. The second-order valence-electron chi connectivity index (χ2n) is 3.77. The predicted molar refractivity (Wildman–Crippen MR) is 78.6 cm³/mol. The minimum atomic E-state index is -0.269. The van der Waals surface area contributed by atoms with Crippen LogP contribution in [0.15, 0.2) is 34.1 Å². The van der Waals surface area contributed by atoms with Gasteiger partial charge in [-0.1, -0.05) is 0 Å². The molecule has 0 bridgehead atoms. The second-order valence-corrected chi connectivity index (χ2v) is 5.54. The van der Waals surface area contributed by atoms with Crippen molar-refractivity contribution in [1.82, 2.24) is 14.4 Å². The number of carbonyl (C=O) groups excluding carboxylic acids is 1. The molecule has 3 aromatic heterocycles. The molecule has 9 heteroatoms. The van der Waals surface area contributed by atoms with Gasteiger partial charge in [0.2, 0.25) is 5.91 Å². The van der Waals surface area contributed by atoms with Gasteiger partial charge in [-0.15, -0.1) is 22.7 Å². The van der Waals surface area contributed by atoms with Crippen LogP contribution in [0.1, 0.15) is 0 Å². The number of hydrogen-bond donors (Lipinski definition) is 2. The molecule has 0 saturated carbocycles. The third kappa shape index (κ3) is 2.53. The summed E-state index contributed by atoms with van der Waals surface area (Å²) in [7, 11) is 0. The molecule has 3 rings (SSSR count). The highest BCUT2D eigenvalue weighted by atomic mass is 32.1. The molecule has 1 amide bonds. The lowest BCUT2D eigenvalue weighted by Crippen LogP contribution is -2.25. The van der Waals surface area contributed by atoms with Crippen LogP contribution in [-0.4, -0.2) is 26.8 Å². The fourth-order valence-corrected chi connectivity index (χ4v) is 2.79. The third-order valence-electron chi connectivity index (χ3n) is 2.46. The van der Waals surface area contributed by atoms with Gasteiger partial charge in [0.1, 0.15) is 5.69 Å². The predicted octanol–water partition coefficient (Wildman–Crippen LogP) is 1.26. The van der Waals surface area contributed by atoms with Gasteiger partial charge in [0.25, 0.3) is 5.56 Å². The van der Waals surface area contributed by atoms with Crippen LogP contribution in [0.4, 0.5) is 10.8 Å². The topological polar surface area (TPSA) is 88.4 Å². The van der Waals surface area contributed by atoms with E-state index in [0.717, 1.165) is 0 Å². The van der Waals surface area contributed by atoms with Gasteiger partial charge >= 0.3 is 0 Å². The van der Waals surface area contributed by atoms with Crippen LogP contribution in [0.3, 0.4) is 0 Å². The Labute approximate surface area is 120 Å². The summed E-state index contributed by atoms with van der Waals surface area (Å²) in [6.45, 7) is -0.0211. The van der Waals surface area contributed by atoms with E-state index >= 15 is 0 Å². The monoisotopic (exact) mass is 307 g/mol. The summed E-state index contributed by atoms with van der Waals surface area (Å²) in [4.78, 5) is 32.4. The maximum atomic E-state index is 12.0. The van der Waals surface area contributed by atoms with Crippen LogP contribution in [0, 0.1) is 0 Å². The summed E-state index contributed by atoms with van der Waals surface area (Å²) >= 11 is 2.71. The molecule has 3 heterocycles. The Morgan fingerprint density at radius 1 is 1.30 bits per heavy atom. The maximum Gasteiger partial charge on any atom is 0.281 e. The van der Waals surface area contributed by atoms with E-state index in [4.69, 9.17) is 0 Å². The average Bonchev–Trinajstić information content (AvgIpc) is 3.09. The number of fused-ring (bicyclic) bond motifs is 1. The van der Waals surface area contributed by atoms with Gasteiger partial charge in [-0.05, 0) is 0 Å². The van der Waals surface area contributed by atoms with Crippen molar-refractivity contribution in [1.29, 1.82) is 0 Å². The number of nitrogens with one attached hydrogen (secondary N) is 2. The lowest BCUT2D eigenvalue weighted by Gasteiger charge is -2.05. The molecule has 0 fully saturated rings. The van der Waals surface area contributed by atoms with Crippen molar-refractivity contribution in [3.05, 3.63) is 39.7 Å².